The van der Waals surface area contributed by atoms with Crippen LogP contribution in [0.4, 0.5) is 5.82 Å². The number of piperidine rings is 1. The summed E-state index contributed by atoms with van der Waals surface area (Å²) in [5, 5.41) is 9.87. The van der Waals surface area contributed by atoms with Gasteiger partial charge in [-0.1, -0.05) is 60.0 Å². The maximum absolute atomic E-state index is 6.27. The van der Waals surface area contributed by atoms with Crippen molar-refractivity contribution in [2.45, 2.75) is 38.3 Å². The van der Waals surface area contributed by atoms with Crippen molar-refractivity contribution in [3.63, 3.8) is 0 Å². The molecule has 0 radical (unpaired) electrons. The molecule has 0 saturated carbocycles. The Hall–Kier alpha value is -2.01. The van der Waals surface area contributed by atoms with Crippen molar-refractivity contribution in [3.05, 3.63) is 75.4 Å². The number of halogens is 2. The molecular formula is C23H24Cl2N4. The standard InChI is InChI=1S/C23H24Cl2N4/c24-17-12-18(25)14-19(13-17)29-23-20(9-10-26-23)22(27-29)21-8-4-5-11-28(21)15-16-6-2-1-3-7-16/h1-3,6-7,12-14,21,26H,4-5,8-11,15H2. The maximum atomic E-state index is 6.27. The van der Waals surface area contributed by atoms with Gasteiger partial charge in [0.05, 0.1) is 17.4 Å². The fourth-order valence-corrected chi connectivity index (χ4v) is 5.14. The molecule has 1 aromatic heterocycles. The Labute approximate surface area is 181 Å². The van der Waals surface area contributed by atoms with E-state index in [2.05, 4.69) is 40.5 Å². The highest BCUT2D eigenvalue weighted by molar-refractivity contribution is 6.34. The molecule has 0 amide bonds. The largest absolute Gasteiger partial charge is 0.369 e. The smallest absolute Gasteiger partial charge is 0.133 e. The lowest BCUT2D eigenvalue weighted by Gasteiger charge is -2.35. The first-order valence-corrected chi connectivity index (χ1v) is 11.0. The van der Waals surface area contributed by atoms with Crippen LogP contribution in [0.1, 0.15) is 42.1 Å². The molecule has 2 aromatic carbocycles. The average Bonchev–Trinajstić information content (AvgIpc) is 3.31. The summed E-state index contributed by atoms with van der Waals surface area (Å²) in [5.41, 5.74) is 4.81. The van der Waals surface area contributed by atoms with Gasteiger partial charge in [0.2, 0.25) is 0 Å². The van der Waals surface area contributed by atoms with E-state index < -0.39 is 0 Å². The number of nitrogens with zero attached hydrogens (tertiary/aromatic N) is 3. The van der Waals surface area contributed by atoms with Gasteiger partial charge in [-0.15, -0.1) is 0 Å². The molecule has 2 aliphatic heterocycles. The second kappa shape index (κ2) is 8.02. The fraction of sp³-hybridized carbons (Fsp3) is 0.348. The molecule has 5 rings (SSSR count). The lowest BCUT2D eigenvalue weighted by atomic mass is 9.95. The number of rotatable bonds is 4. The SMILES string of the molecule is Clc1cc(Cl)cc(-n2nc(C3CCCCN3Cc3ccccc3)c3c2NCC3)c1. The summed E-state index contributed by atoms with van der Waals surface area (Å²) in [6, 6.07) is 16.7. The number of aromatic nitrogens is 2. The minimum Gasteiger partial charge on any atom is -0.369 e. The normalized spacial score (nSPS) is 19.2. The van der Waals surface area contributed by atoms with Crippen molar-refractivity contribution in [3.8, 4) is 5.69 Å². The number of hydrogen-bond donors (Lipinski definition) is 1. The molecular weight excluding hydrogens is 403 g/mol. The summed E-state index contributed by atoms with van der Waals surface area (Å²) in [6.45, 7) is 3.01. The zero-order chi connectivity index (χ0) is 19.8. The van der Waals surface area contributed by atoms with Crippen molar-refractivity contribution in [1.29, 1.82) is 0 Å². The second-order valence-corrected chi connectivity index (χ2v) is 8.77. The summed E-state index contributed by atoms with van der Waals surface area (Å²) in [7, 11) is 0. The minimum absolute atomic E-state index is 0.341. The van der Waals surface area contributed by atoms with Crippen LogP contribution in [-0.4, -0.2) is 27.8 Å². The summed E-state index contributed by atoms with van der Waals surface area (Å²) in [5.74, 6) is 1.09. The highest BCUT2D eigenvalue weighted by Crippen LogP contribution is 2.39. The minimum atomic E-state index is 0.341. The lowest BCUT2D eigenvalue weighted by Crippen LogP contribution is -2.33. The molecule has 1 N–H and O–H groups in total. The molecule has 150 valence electrons. The molecule has 0 bridgehead atoms. The first-order valence-electron chi connectivity index (χ1n) is 10.3. The van der Waals surface area contributed by atoms with E-state index >= 15 is 0 Å². The van der Waals surface area contributed by atoms with E-state index in [9.17, 15) is 0 Å². The third-order valence-electron chi connectivity index (χ3n) is 5.93. The molecule has 1 atom stereocenters. The monoisotopic (exact) mass is 426 g/mol. The van der Waals surface area contributed by atoms with Crippen LogP contribution in [0.25, 0.3) is 5.69 Å². The zero-order valence-electron chi connectivity index (χ0n) is 16.2. The van der Waals surface area contributed by atoms with Crippen molar-refractivity contribution in [2.75, 3.05) is 18.4 Å². The van der Waals surface area contributed by atoms with Gasteiger partial charge in [0.1, 0.15) is 5.82 Å². The van der Waals surface area contributed by atoms with Crippen LogP contribution < -0.4 is 5.32 Å². The zero-order valence-corrected chi connectivity index (χ0v) is 17.8. The van der Waals surface area contributed by atoms with Crippen LogP contribution in [0.15, 0.2) is 48.5 Å². The Morgan fingerprint density at radius 1 is 1.03 bits per heavy atom. The fourth-order valence-electron chi connectivity index (χ4n) is 4.63. The Kier molecular flexibility index (Phi) is 5.25. The van der Waals surface area contributed by atoms with E-state index in [-0.39, 0.29) is 0 Å². The van der Waals surface area contributed by atoms with E-state index in [0.717, 1.165) is 44.0 Å². The van der Waals surface area contributed by atoms with Gasteiger partial charge in [0, 0.05) is 28.7 Å². The molecule has 4 nitrogen and oxygen atoms in total. The molecule has 3 heterocycles. The number of likely N-dealkylation sites (tertiary alicyclic amines) is 1. The Bertz CT molecular complexity index is 995. The van der Waals surface area contributed by atoms with E-state index in [4.69, 9.17) is 28.3 Å². The summed E-state index contributed by atoms with van der Waals surface area (Å²) < 4.78 is 1.99. The Balaban J connectivity index is 1.53. The highest BCUT2D eigenvalue weighted by Gasteiger charge is 2.32. The van der Waals surface area contributed by atoms with E-state index in [1.165, 1.54) is 29.7 Å². The molecule has 6 heteroatoms. The predicted octanol–water partition coefficient (Wildman–Crippen LogP) is 5.87. The second-order valence-electron chi connectivity index (χ2n) is 7.90. The molecule has 1 fully saturated rings. The van der Waals surface area contributed by atoms with Crippen LogP contribution in [-0.2, 0) is 13.0 Å². The number of benzene rings is 2. The maximum Gasteiger partial charge on any atom is 0.133 e. The van der Waals surface area contributed by atoms with Crippen molar-refractivity contribution < 1.29 is 0 Å². The van der Waals surface area contributed by atoms with Crippen LogP contribution in [0.5, 0.6) is 0 Å². The van der Waals surface area contributed by atoms with Crippen LogP contribution in [0.2, 0.25) is 10.0 Å². The molecule has 29 heavy (non-hydrogen) atoms. The van der Waals surface area contributed by atoms with Gasteiger partial charge in [-0.3, -0.25) is 4.90 Å². The molecule has 0 spiro atoms. The van der Waals surface area contributed by atoms with Gasteiger partial charge in [0.15, 0.2) is 0 Å². The van der Waals surface area contributed by atoms with Crippen LogP contribution >= 0.6 is 23.2 Å². The molecule has 3 aromatic rings. The van der Waals surface area contributed by atoms with Crippen molar-refractivity contribution in [2.24, 2.45) is 0 Å². The molecule has 0 aliphatic carbocycles. The van der Waals surface area contributed by atoms with Crippen LogP contribution in [0, 0.1) is 0 Å². The highest BCUT2D eigenvalue weighted by atomic mass is 35.5. The number of hydrogen-bond acceptors (Lipinski definition) is 3. The van der Waals surface area contributed by atoms with Crippen molar-refractivity contribution >= 4 is 29.0 Å². The first-order chi connectivity index (χ1) is 14.2. The first kappa shape index (κ1) is 19.0. The molecule has 1 unspecified atom stereocenters. The quantitative estimate of drug-likeness (QED) is 0.565. The molecule has 2 aliphatic rings. The van der Waals surface area contributed by atoms with Gasteiger partial charge in [0.25, 0.3) is 0 Å². The summed E-state index contributed by atoms with van der Waals surface area (Å²) in [6.07, 6.45) is 4.64. The van der Waals surface area contributed by atoms with Gasteiger partial charge in [-0.2, -0.15) is 5.10 Å². The topological polar surface area (TPSA) is 33.1 Å². The average molecular weight is 427 g/mol. The summed E-state index contributed by atoms with van der Waals surface area (Å²) in [4.78, 5) is 2.59. The van der Waals surface area contributed by atoms with Crippen LogP contribution in [0.3, 0.4) is 0 Å². The Morgan fingerprint density at radius 2 is 1.83 bits per heavy atom. The third kappa shape index (κ3) is 3.77. The number of nitrogens with one attached hydrogen (secondary N) is 1. The van der Waals surface area contributed by atoms with Gasteiger partial charge >= 0.3 is 0 Å². The van der Waals surface area contributed by atoms with E-state index in [1.807, 2.05) is 16.8 Å². The number of anilines is 1. The van der Waals surface area contributed by atoms with Crippen molar-refractivity contribution in [1.82, 2.24) is 14.7 Å². The van der Waals surface area contributed by atoms with E-state index in [1.54, 1.807) is 6.07 Å². The Morgan fingerprint density at radius 3 is 2.62 bits per heavy atom. The molecule has 1 saturated heterocycles. The third-order valence-corrected chi connectivity index (χ3v) is 6.37. The lowest BCUT2D eigenvalue weighted by molar-refractivity contribution is 0.136. The number of fused-ring (bicyclic) bond motifs is 1. The van der Waals surface area contributed by atoms with Gasteiger partial charge < -0.3 is 5.32 Å². The summed E-state index contributed by atoms with van der Waals surface area (Å²) >= 11 is 12.5. The van der Waals surface area contributed by atoms with Gasteiger partial charge in [-0.05, 0) is 49.6 Å². The van der Waals surface area contributed by atoms with E-state index in [0.29, 0.717) is 16.1 Å². The van der Waals surface area contributed by atoms with Gasteiger partial charge in [-0.25, -0.2) is 4.68 Å². The predicted molar refractivity (Wildman–Crippen MR) is 119 cm³/mol.